The number of rotatable bonds is 0. The molecule has 5 heavy (non-hydrogen) atoms. The van der Waals surface area contributed by atoms with Crippen molar-refractivity contribution in [2.45, 2.75) is 0 Å². The Morgan fingerprint density at radius 2 is 2.20 bits per heavy atom. The zero-order valence-electron chi connectivity index (χ0n) is 2.70. The number of nitrogens with zero attached hydrogens (tertiary/aromatic N) is 1. The number of hydrogen-bond acceptors (Lipinski definition) is 1. The number of halogens is 2. The summed E-state index contributed by atoms with van der Waals surface area (Å²) < 4.78 is 0.572. The summed E-state index contributed by atoms with van der Waals surface area (Å²) in [6, 6.07) is 0. The highest BCUT2D eigenvalue weighted by atomic mass is 127. The summed E-state index contributed by atoms with van der Waals surface area (Å²) >= 11 is 7.12. The van der Waals surface area contributed by atoms with E-state index in [1.54, 1.807) is 7.05 Å². The maximum absolute atomic E-state index is 5.20. The zero-order chi connectivity index (χ0) is 4.28. The molecule has 0 spiro atoms. The van der Waals surface area contributed by atoms with Crippen LogP contribution in [0.25, 0.3) is 0 Å². The molecule has 0 saturated carbocycles. The first kappa shape index (κ1) is 5.69. The van der Waals surface area contributed by atoms with Crippen LogP contribution >= 0.6 is 34.2 Å². The first-order valence-corrected chi connectivity index (χ1v) is 2.51. The van der Waals surface area contributed by atoms with Crippen LogP contribution in [0.4, 0.5) is 0 Å². The lowest BCUT2D eigenvalue weighted by Crippen LogP contribution is -1.59. The van der Waals surface area contributed by atoms with Crippen molar-refractivity contribution < 1.29 is 0 Å². The Kier molecular flexibility index (Phi) is 3.30. The van der Waals surface area contributed by atoms with E-state index in [0.29, 0.717) is 3.18 Å². The second-order valence-corrected chi connectivity index (χ2v) is 2.48. The van der Waals surface area contributed by atoms with E-state index in [-0.39, 0.29) is 0 Å². The van der Waals surface area contributed by atoms with Gasteiger partial charge in [-0.05, 0) is 22.6 Å². The Morgan fingerprint density at radius 3 is 2.20 bits per heavy atom. The summed E-state index contributed by atoms with van der Waals surface area (Å²) in [7, 11) is 1.65. The minimum atomic E-state index is 0.572. The van der Waals surface area contributed by atoms with Crippen LogP contribution in [0.2, 0.25) is 0 Å². The van der Waals surface area contributed by atoms with Gasteiger partial charge in [-0.1, -0.05) is 11.6 Å². The van der Waals surface area contributed by atoms with Crippen molar-refractivity contribution >= 4 is 37.4 Å². The smallest absolute Gasteiger partial charge is 0.161 e. The molecule has 0 aromatic heterocycles. The molecule has 0 aliphatic heterocycles. The van der Waals surface area contributed by atoms with Crippen LogP contribution in [0, 0.1) is 0 Å². The number of aliphatic imine (C=N–C) groups is 1. The molecule has 0 aromatic rings. The van der Waals surface area contributed by atoms with Crippen molar-refractivity contribution in [2.75, 3.05) is 7.05 Å². The second kappa shape index (κ2) is 2.90. The van der Waals surface area contributed by atoms with Gasteiger partial charge < -0.3 is 0 Å². The van der Waals surface area contributed by atoms with Gasteiger partial charge in [0.2, 0.25) is 0 Å². The van der Waals surface area contributed by atoms with Crippen LogP contribution in [0.5, 0.6) is 0 Å². The summed E-state index contributed by atoms with van der Waals surface area (Å²) in [5.74, 6) is 0. The average Bonchev–Trinajstić information content (AvgIpc) is 1.38. The predicted molar refractivity (Wildman–Crippen MR) is 33.2 cm³/mol. The maximum atomic E-state index is 5.20. The first-order valence-electron chi connectivity index (χ1n) is 1.05. The lowest BCUT2D eigenvalue weighted by atomic mass is 11.4. The molecule has 3 heteroatoms. The minimum Gasteiger partial charge on any atom is -0.271 e. The van der Waals surface area contributed by atoms with Gasteiger partial charge in [-0.2, -0.15) is 0 Å². The molecule has 1 nitrogen and oxygen atoms in total. The van der Waals surface area contributed by atoms with Crippen LogP contribution in [0.3, 0.4) is 0 Å². The van der Waals surface area contributed by atoms with Crippen LogP contribution in [0.15, 0.2) is 4.99 Å². The number of hydrogen-bond donors (Lipinski definition) is 0. The normalized spacial score (nSPS) is 12.2. The fourth-order valence-corrected chi connectivity index (χ4v) is 0. The van der Waals surface area contributed by atoms with Crippen LogP contribution in [-0.4, -0.2) is 10.2 Å². The Balaban J connectivity index is 3.14. The highest BCUT2D eigenvalue weighted by Gasteiger charge is 1.69. The van der Waals surface area contributed by atoms with E-state index in [1.807, 2.05) is 22.6 Å². The van der Waals surface area contributed by atoms with Crippen LogP contribution in [0.1, 0.15) is 0 Å². The van der Waals surface area contributed by atoms with Gasteiger partial charge in [0.15, 0.2) is 3.18 Å². The molecule has 0 fully saturated rings. The quantitative estimate of drug-likeness (QED) is 0.419. The second-order valence-electron chi connectivity index (χ2n) is 0.464. The van der Waals surface area contributed by atoms with Gasteiger partial charge in [-0.3, -0.25) is 4.99 Å². The van der Waals surface area contributed by atoms with Crippen molar-refractivity contribution in [2.24, 2.45) is 4.99 Å². The van der Waals surface area contributed by atoms with Crippen molar-refractivity contribution in [1.82, 2.24) is 0 Å². The monoisotopic (exact) mass is 203 g/mol. The summed E-state index contributed by atoms with van der Waals surface area (Å²) in [6.07, 6.45) is 0. The van der Waals surface area contributed by atoms with Gasteiger partial charge >= 0.3 is 0 Å². The fraction of sp³-hybridized carbons (Fsp3) is 0.500. The largest absolute Gasteiger partial charge is 0.271 e. The maximum Gasteiger partial charge on any atom is 0.161 e. The molecule has 0 unspecified atom stereocenters. The van der Waals surface area contributed by atoms with Gasteiger partial charge in [0.25, 0.3) is 0 Å². The van der Waals surface area contributed by atoms with E-state index in [9.17, 15) is 0 Å². The third kappa shape index (κ3) is 4.69. The standard InChI is InChI=1S/C2H3ClIN/c1-5-2(3)4/h1H3/b5-2-. The molecular formula is C2H3ClIN. The summed E-state index contributed by atoms with van der Waals surface area (Å²) in [5.41, 5.74) is 0. The molecule has 0 atom stereocenters. The molecule has 0 radical (unpaired) electrons. The topological polar surface area (TPSA) is 12.4 Å². The third-order valence-corrected chi connectivity index (χ3v) is 0.820. The van der Waals surface area contributed by atoms with Crippen molar-refractivity contribution in [3.8, 4) is 0 Å². The van der Waals surface area contributed by atoms with Crippen LogP contribution < -0.4 is 0 Å². The first-order chi connectivity index (χ1) is 2.27. The average molecular weight is 203 g/mol. The molecule has 0 aliphatic rings. The van der Waals surface area contributed by atoms with Gasteiger partial charge in [0, 0.05) is 7.05 Å². The summed E-state index contributed by atoms with van der Waals surface area (Å²) in [5, 5.41) is 0. The zero-order valence-corrected chi connectivity index (χ0v) is 5.62. The Labute approximate surface area is 49.6 Å². The molecule has 0 heterocycles. The van der Waals surface area contributed by atoms with Crippen molar-refractivity contribution in [3.63, 3.8) is 0 Å². The molecule has 0 aliphatic carbocycles. The van der Waals surface area contributed by atoms with E-state index in [2.05, 4.69) is 4.99 Å². The predicted octanol–water partition coefficient (Wildman–Crippen LogP) is 1.65. The van der Waals surface area contributed by atoms with E-state index < -0.39 is 0 Å². The third-order valence-electron chi connectivity index (χ3n) is 0.169. The lowest BCUT2D eigenvalue weighted by molar-refractivity contribution is 1.48. The molecular weight excluding hydrogens is 200 g/mol. The van der Waals surface area contributed by atoms with Crippen molar-refractivity contribution in [3.05, 3.63) is 0 Å². The molecule has 0 bridgehead atoms. The fourth-order valence-electron chi connectivity index (χ4n) is 0. The van der Waals surface area contributed by atoms with Gasteiger partial charge in [-0.25, -0.2) is 0 Å². The Morgan fingerprint density at radius 1 is 2.00 bits per heavy atom. The Bertz CT molecular complexity index is 47.6. The van der Waals surface area contributed by atoms with Crippen molar-refractivity contribution in [1.29, 1.82) is 0 Å². The summed E-state index contributed by atoms with van der Waals surface area (Å²) in [6.45, 7) is 0. The lowest BCUT2D eigenvalue weighted by Gasteiger charge is -1.67. The van der Waals surface area contributed by atoms with E-state index >= 15 is 0 Å². The van der Waals surface area contributed by atoms with Crippen LogP contribution in [-0.2, 0) is 0 Å². The van der Waals surface area contributed by atoms with Gasteiger partial charge in [0.1, 0.15) is 0 Å². The van der Waals surface area contributed by atoms with E-state index in [1.165, 1.54) is 0 Å². The highest BCUT2D eigenvalue weighted by Crippen LogP contribution is 1.91. The molecule has 0 saturated heterocycles. The SMILES string of the molecule is C/N=C(/Cl)I. The molecule has 30 valence electrons. The molecule has 0 N–H and O–H groups in total. The summed E-state index contributed by atoms with van der Waals surface area (Å²) in [4.78, 5) is 3.56. The molecule has 0 aromatic carbocycles. The molecule has 0 amide bonds. The van der Waals surface area contributed by atoms with E-state index in [4.69, 9.17) is 11.6 Å². The molecule has 0 rings (SSSR count). The Hall–Kier alpha value is 0.690. The van der Waals surface area contributed by atoms with Gasteiger partial charge in [-0.15, -0.1) is 0 Å². The minimum absolute atomic E-state index is 0.572. The highest BCUT2D eigenvalue weighted by molar-refractivity contribution is 14.1. The van der Waals surface area contributed by atoms with Gasteiger partial charge in [0.05, 0.1) is 0 Å². The van der Waals surface area contributed by atoms with E-state index in [0.717, 1.165) is 0 Å².